The van der Waals surface area contributed by atoms with E-state index in [1.807, 2.05) is 23.9 Å². The van der Waals surface area contributed by atoms with E-state index in [0.29, 0.717) is 5.56 Å². The summed E-state index contributed by atoms with van der Waals surface area (Å²) in [6, 6.07) is 5.29. The molecule has 72 valence electrons. The number of phenols is 1. The van der Waals surface area contributed by atoms with Crippen molar-refractivity contribution in [2.24, 2.45) is 7.05 Å². The highest BCUT2D eigenvalue weighted by atomic mass is 16.3. The van der Waals surface area contributed by atoms with Gasteiger partial charge in [0, 0.05) is 18.6 Å². The van der Waals surface area contributed by atoms with Crippen LogP contribution in [-0.2, 0) is 7.05 Å². The standard InChI is InChI=1S/C11H11NO2/c1-7(13)8-3-4-10-9(11(8)14)5-6-12(10)2/h3-6,14H,1-2H3. The molecule has 14 heavy (non-hydrogen) atoms. The van der Waals surface area contributed by atoms with Gasteiger partial charge < -0.3 is 9.67 Å². The van der Waals surface area contributed by atoms with Crippen LogP contribution in [0.2, 0.25) is 0 Å². The lowest BCUT2D eigenvalue weighted by Crippen LogP contribution is -1.93. The van der Waals surface area contributed by atoms with Crippen LogP contribution >= 0.6 is 0 Å². The van der Waals surface area contributed by atoms with Crippen molar-refractivity contribution in [3.8, 4) is 5.75 Å². The van der Waals surface area contributed by atoms with Crippen molar-refractivity contribution in [1.82, 2.24) is 4.57 Å². The van der Waals surface area contributed by atoms with Gasteiger partial charge in [0.1, 0.15) is 5.75 Å². The monoisotopic (exact) mass is 189 g/mol. The molecule has 0 aliphatic rings. The van der Waals surface area contributed by atoms with Crippen LogP contribution in [-0.4, -0.2) is 15.5 Å². The Kier molecular flexibility index (Phi) is 1.81. The molecule has 1 N–H and O–H groups in total. The van der Waals surface area contributed by atoms with E-state index in [1.54, 1.807) is 12.1 Å². The lowest BCUT2D eigenvalue weighted by molar-refractivity contribution is 0.101. The number of aromatic hydroxyl groups is 1. The zero-order valence-corrected chi connectivity index (χ0v) is 8.11. The molecule has 0 spiro atoms. The molecular formula is C11H11NO2. The van der Waals surface area contributed by atoms with Crippen LogP contribution < -0.4 is 0 Å². The van der Waals surface area contributed by atoms with Gasteiger partial charge in [-0.3, -0.25) is 4.79 Å². The third kappa shape index (κ3) is 1.09. The molecule has 0 aliphatic carbocycles. The van der Waals surface area contributed by atoms with Gasteiger partial charge in [0.05, 0.1) is 11.1 Å². The number of carbonyl (C=O) groups is 1. The molecule has 2 aromatic rings. The van der Waals surface area contributed by atoms with Crippen molar-refractivity contribution in [3.63, 3.8) is 0 Å². The zero-order valence-electron chi connectivity index (χ0n) is 8.11. The normalized spacial score (nSPS) is 10.7. The quantitative estimate of drug-likeness (QED) is 0.698. The summed E-state index contributed by atoms with van der Waals surface area (Å²) in [6.07, 6.45) is 1.86. The molecule has 0 unspecified atom stereocenters. The third-order valence-corrected chi connectivity index (χ3v) is 2.42. The minimum absolute atomic E-state index is 0.0793. The van der Waals surface area contributed by atoms with Crippen molar-refractivity contribution in [2.45, 2.75) is 6.92 Å². The van der Waals surface area contributed by atoms with Crippen LogP contribution in [0, 0.1) is 0 Å². The number of nitrogens with zero attached hydrogens (tertiary/aromatic N) is 1. The topological polar surface area (TPSA) is 42.2 Å². The molecule has 0 saturated carbocycles. The van der Waals surface area contributed by atoms with E-state index in [1.165, 1.54) is 6.92 Å². The highest BCUT2D eigenvalue weighted by Gasteiger charge is 2.11. The maximum absolute atomic E-state index is 11.1. The number of hydrogen-bond donors (Lipinski definition) is 1. The Hall–Kier alpha value is -1.77. The predicted molar refractivity (Wildman–Crippen MR) is 54.6 cm³/mol. The van der Waals surface area contributed by atoms with Gasteiger partial charge in [-0.05, 0) is 25.1 Å². The molecule has 0 amide bonds. The molecule has 3 nitrogen and oxygen atoms in total. The van der Waals surface area contributed by atoms with Crippen LogP contribution in [0.5, 0.6) is 5.75 Å². The largest absolute Gasteiger partial charge is 0.506 e. The van der Waals surface area contributed by atoms with E-state index in [9.17, 15) is 9.90 Å². The smallest absolute Gasteiger partial charge is 0.163 e. The first kappa shape index (κ1) is 8.81. The van der Waals surface area contributed by atoms with Gasteiger partial charge in [-0.25, -0.2) is 0 Å². The Labute approximate surface area is 81.6 Å². The van der Waals surface area contributed by atoms with Crippen molar-refractivity contribution >= 4 is 16.7 Å². The minimum atomic E-state index is -0.117. The van der Waals surface area contributed by atoms with Crippen molar-refractivity contribution < 1.29 is 9.90 Å². The molecule has 0 fully saturated rings. The summed E-state index contributed by atoms with van der Waals surface area (Å²) in [7, 11) is 1.90. The summed E-state index contributed by atoms with van der Waals surface area (Å²) in [4.78, 5) is 11.1. The molecule has 3 heteroatoms. The first-order chi connectivity index (χ1) is 6.61. The molecule has 0 aliphatic heterocycles. The summed E-state index contributed by atoms with van der Waals surface area (Å²) >= 11 is 0. The van der Waals surface area contributed by atoms with Crippen LogP contribution in [0.25, 0.3) is 10.9 Å². The predicted octanol–water partition coefficient (Wildman–Crippen LogP) is 2.09. The Balaban J connectivity index is 2.82. The molecule has 2 rings (SSSR count). The van der Waals surface area contributed by atoms with Gasteiger partial charge >= 0.3 is 0 Å². The number of fused-ring (bicyclic) bond motifs is 1. The molecule has 1 heterocycles. The maximum atomic E-state index is 11.1. The Morgan fingerprint density at radius 3 is 2.71 bits per heavy atom. The number of rotatable bonds is 1. The number of phenolic OH excluding ortho intramolecular Hbond substituents is 1. The SMILES string of the molecule is CC(=O)c1ccc2c(ccn2C)c1O. The van der Waals surface area contributed by atoms with Gasteiger partial charge in [-0.2, -0.15) is 0 Å². The van der Waals surface area contributed by atoms with E-state index in [0.717, 1.165) is 10.9 Å². The molecule has 0 bridgehead atoms. The maximum Gasteiger partial charge on any atom is 0.163 e. The zero-order chi connectivity index (χ0) is 10.3. The molecule has 0 atom stereocenters. The second-order valence-corrected chi connectivity index (χ2v) is 3.38. The van der Waals surface area contributed by atoms with Crippen LogP contribution in [0.4, 0.5) is 0 Å². The number of aromatic nitrogens is 1. The minimum Gasteiger partial charge on any atom is -0.506 e. The van der Waals surface area contributed by atoms with Gasteiger partial charge in [0.15, 0.2) is 5.78 Å². The first-order valence-corrected chi connectivity index (χ1v) is 4.39. The number of hydrogen-bond acceptors (Lipinski definition) is 2. The fourth-order valence-corrected chi connectivity index (χ4v) is 1.62. The van der Waals surface area contributed by atoms with Gasteiger partial charge in [0.25, 0.3) is 0 Å². The van der Waals surface area contributed by atoms with E-state index < -0.39 is 0 Å². The van der Waals surface area contributed by atoms with Crippen LogP contribution in [0.15, 0.2) is 24.4 Å². The van der Waals surface area contributed by atoms with Crippen molar-refractivity contribution in [1.29, 1.82) is 0 Å². The highest BCUT2D eigenvalue weighted by Crippen LogP contribution is 2.29. The lowest BCUT2D eigenvalue weighted by Gasteiger charge is -2.02. The van der Waals surface area contributed by atoms with Crippen LogP contribution in [0.1, 0.15) is 17.3 Å². The first-order valence-electron chi connectivity index (χ1n) is 4.39. The summed E-state index contributed by atoms with van der Waals surface area (Å²) in [5.74, 6) is -0.0381. The number of aryl methyl sites for hydroxylation is 1. The Bertz CT molecular complexity index is 511. The second-order valence-electron chi connectivity index (χ2n) is 3.38. The van der Waals surface area contributed by atoms with E-state index in [4.69, 9.17) is 0 Å². The second kappa shape index (κ2) is 2.87. The van der Waals surface area contributed by atoms with Crippen LogP contribution in [0.3, 0.4) is 0 Å². The van der Waals surface area contributed by atoms with Gasteiger partial charge in [-0.1, -0.05) is 0 Å². The van der Waals surface area contributed by atoms with Gasteiger partial charge in [-0.15, -0.1) is 0 Å². The molecular weight excluding hydrogens is 178 g/mol. The number of ketones is 1. The molecule has 0 saturated heterocycles. The summed E-state index contributed by atoms with van der Waals surface area (Å²) in [5.41, 5.74) is 1.30. The highest BCUT2D eigenvalue weighted by molar-refractivity contribution is 6.03. The van der Waals surface area contributed by atoms with Gasteiger partial charge in [0.2, 0.25) is 0 Å². The summed E-state index contributed by atoms with van der Waals surface area (Å²) < 4.78 is 1.90. The fraction of sp³-hybridized carbons (Fsp3) is 0.182. The van der Waals surface area contributed by atoms with E-state index in [2.05, 4.69) is 0 Å². The third-order valence-electron chi connectivity index (χ3n) is 2.42. The van der Waals surface area contributed by atoms with E-state index in [-0.39, 0.29) is 11.5 Å². The number of Topliss-reactive ketones (excluding diaryl/α,β-unsaturated/α-hetero) is 1. The molecule has 1 aromatic heterocycles. The Morgan fingerprint density at radius 2 is 2.07 bits per heavy atom. The lowest BCUT2D eigenvalue weighted by atomic mass is 10.1. The Morgan fingerprint density at radius 1 is 1.36 bits per heavy atom. The fourth-order valence-electron chi connectivity index (χ4n) is 1.62. The van der Waals surface area contributed by atoms with Crippen molar-refractivity contribution in [2.75, 3.05) is 0 Å². The molecule has 0 radical (unpaired) electrons. The average molecular weight is 189 g/mol. The average Bonchev–Trinajstić information content (AvgIpc) is 2.49. The number of benzene rings is 1. The summed E-state index contributed by atoms with van der Waals surface area (Å²) in [6.45, 7) is 1.45. The van der Waals surface area contributed by atoms with E-state index >= 15 is 0 Å². The number of carbonyl (C=O) groups excluding carboxylic acids is 1. The molecule has 1 aromatic carbocycles. The summed E-state index contributed by atoms with van der Waals surface area (Å²) in [5, 5.41) is 10.5. The van der Waals surface area contributed by atoms with Crippen molar-refractivity contribution in [3.05, 3.63) is 30.0 Å².